The number of rotatable bonds is 3. The second-order valence-electron chi connectivity index (χ2n) is 7.59. The zero-order valence-corrected chi connectivity index (χ0v) is 17.4. The summed E-state index contributed by atoms with van der Waals surface area (Å²) >= 11 is 0. The van der Waals surface area contributed by atoms with Gasteiger partial charge in [-0.3, -0.25) is 4.31 Å². The molecule has 146 valence electrons. The Kier molecular flexibility index (Phi) is 5.38. The van der Waals surface area contributed by atoms with Gasteiger partial charge in [-0.1, -0.05) is 6.92 Å². The number of hydrogen-bond donors (Lipinski definition) is 0. The summed E-state index contributed by atoms with van der Waals surface area (Å²) in [6.45, 7) is 7.23. The predicted octanol–water partition coefficient (Wildman–Crippen LogP) is 2.65. The number of piperidine rings is 1. The van der Waals surface area contributed by atoms with Crippen molar-refractivity contribution >= 4 is 25.7 Å². The van der Waals surface area contributed by atoms with E-state index in [0.717, 1.165) is 19.3 Å². The molecule has 0 unspecified atom stereocenters. The van der Waals surface area contributed by atoms with Gasteiger partial charge in [0.1, 0.15) is 0 Å². The highest BCUT2D eigenvalue weighted by Crippen LogP contribution is 2.33. The largest absolute Gasteiger partial charge is 0.270 e. The van der Waals surface area contributed by atoms with Gasteiger partial charge in [0, 0.05) is 19.6 Å². The van der Waals surface area contributed by atoms with E-state index in [4.69, 9.17) is 0 Å². The third-order valence-electron chi connectivity index (χ3n) is 5.47. The van der Waals surface area contributed by atoms with Crippen LogP contribution in [0, 0.1) is 19.8 Å². The van der Waals surface area contributed by atoms with Crippen LogP contribution in [-0.2, 0) is 20.0 Å². The van der Waals surface area contributed by atoms with Crippen LogP contribution in [0.1, 0.15) is 43.7 Å². The number of benzene rings is 1. The molecule has 0 aliphatic carbocycles. The molecule has 0 bridgehead atoms. The fourth-order valence-corrected chi connectivity index (χ4v) is 7.20. The molecule has 1 aromatic carbocycles. The van der Waals surface area contributed by atoms with E-state index >= 15 is 0 Å². The average Bonchev–Trinajstić information content (AvgIpc) is 2.57. The first-order valence-corrected chi connectivity index (χ1v) is 12.3. The summed E-state index contributed by atoms with van der Waals surface area (Å²) < 4.78 is 54.0. The van der Waals surface area contributed by atoms with E-state index in [1.54, 1.807) is 30.3 Å². The normalized spacial score (nSPS) is 22.5. The van der Waals surface area contributed by atoms with Crippen molar-refractivity contribution in [2.45, 2.75) is 51.3 Å². The van der Waals surface area contributed by atoms with E-state index in [9.17, 15) is 16.8 Å². The van der Waals surface area contributed by atoms with Gasteiger partial charge in [0.15, 0.2) is 0 Å². The standard InChI is InChI=1S/C18H28N2O4S2/c1-14-6-9-19(10-7-14)26(23,24)18-13-15(2)17(12-16(18)3)20-8-4-5-11-25(20,21)22/h12-14H,4-11H2,1-3H3. The minimum atomic E-state index is -3.55. The molecule has 2 fully saturated rings. The van der Waals surface area contributed by atoms with Gasteiger partial charge in [-0.15, -0.1) is 0 Å². The first kappa shape index (κ1) is 19.6. The highest BCUT2D eigenvalue weighted by molar-refractivity contribution is 7.92. The molecule has 0 amide bonds. The fourth-order valence-electron chi connectivity index (χ4n) is 3.74. The van der Waals surface area contributed by atoms with Gasteiger partial charge in [0.25, 0.3) is 0 Å². The van der Waals surface area contributed by atoms with Crippen LogP contribution in [0.5, 0.6) is 0 Å². The summed E-state index contributed by atoms with van der Waals surface area (Å²) in [5.74, 6) is 0.702. The van der Waals surface area contributed by atoms with Crippen LogP contribution in [0.25, 0.3) is 0 Å². The summed E-state index contributed by atoms with van der Waals surface area (Å²) in [7, 11) is -6.87. The molecule has 0 atom stereocenters. The van der Waals surface area contributed by atoms with E-state index in [1.165, 1.54) is 4.31 Å². The second-order valence-corrected chi connectivity index (χ2v) is 11.5. The predicted molar refractivity (Wildman–Crippen MR) is 103 cm³/mol. The summed E-state index contributed by atoms with van der Waals surface area (Å²) in [5, 5.41) is 0. The molecule has 2 heterocycles. The van der Waals surface area contributed by atoms with Crippen molar-refractivity contribution < 1.29 is 16.8 Å². The van der Waals surface area contributed by atoms with Gasteiger partial charge in [-0.05, 0) is 68.7 Å². The second kappa shape index (κ2) is 7.13. The lowest BCUT2D eigenvalue weighted by Crippen LogP contribution is -2.39. The van der Waals surface area contributed by atoms with Gasteiger partial charge < -0.3 is 0 Å². The highest BCUT2D eigenvalue weighted by Gasteiger charge is 2.32. The number of nitrogens with zero attached hydrogens (tertiary/aromatic N) is 2. The zero-order valence-electron chi connectivity index (χ0n) is 15.7. The van der Waals surface area contributed by atoms with Crippen LogP contribution in [0.15, 0.2) is 17.0 Å². The third-order valence-corrected chi connectivity index (χ3v) is 9.37. The van der Waals surface area contributed by atoms with Crippen molar-refractivity contribution in [1.82, 2.24) is 4.31 Å². The first-order chi connectivity index (χ1) is 12.1. The van der Waals surface area contributed by atoms with Gasteiger partial charge >= 0.3 is 0 Å². The lowest BCUT2D eigenvalue weighted by Gasteiger charge is -2.32. The first-order valence-electron chi connectivity index (χ1n) is 9.25. The Morgan fingerprint density at radius 2 is 1.65 bits per heavy atom. The quantitative estimate of drug-likeness (QED) is 0.782. The lowest BCUT2D eigenvalue weighted by atomic mass is 10.0. The van der Waals surface area contributed by atoms with Crippen LogP contribution in [0.2, 0.25) is 0 Å². The molecule has 26 heavy (non-hydrogen) atoms. The topological polar surface area (TPSA) is 74.8 Å². The Morgan fingerprint density at radius 3 is 2.27 bits per heavy atom. The minimum absolute atomic E-state index is 0.150. The molecular formula is C18H28N2O4S2. The van der Waals surface area contributed by atoms with Gasteiger partial charge in [-0.25, -0.2) is 16.8 Å². The molecule has 8 heteroatoms. The van der Waals surface area contributed by atoms with Crippen molar-refractivity contribution in [3.63, 3.8) is 0 Å². The number of aryl methyl sites for hydroxylation is 2. The maximum Gasteiger partial charge on any atom is 0.243 e. The van der Waals surface area contributed by atoms with Crippen LogP contribution >= 0.6 is 0 Å². The Balaban J connectivity index is 1.97. The Morgan fingerprint density at radius 1 is 1.00 bits per heavy atom. The zero-order chi connectivity index (χ0) is 19.1. The molecule has 1 aromatic rings. The van der Waals surface area contributed by atoms with Gasteiger partial charge in [0.2, 0.25) is 20.0 Å². The molecule has 2 aliphatic rings. The molecular weight excluding hydrogens is 372 g/mol. The molecule has 6 nitrogen and oxygen atoms in total. The summed E-state index contributed by atoms with van der Waals surface area (Å²) in [5.41, 5.74) is 1.89. The molecule has 0 radical (unpaired) electrons. The monoisotopic (exact) mass is 400 g/mol. The van der Waals surface area contributed by atoms with Crippen LogP contribution in [-0.4, -0.2) is 46.5 Å². The third kappa shape index (κ3) is 3.64. The van der Waals surface area contributed by atoms with E-state index in [2.05, 4.69) is 6.92 Å². The molecule has 0 aromatic heterocycles. The van der Waals surface area contributed by atoms with E-state index in [1.807, 2.05) is 0 Å². The summed E-state index contributed by atoms with van der Waals surface area (Å²) in [4.78, 5) is 0.294. The van der Waals surface area contributed by atoms with Crippen molar-refractivity contribution in [2.75, 3.05) is 29.7 Å². The number of anilines is 1. The minimum Gasteiger partial charge on any atom is -0.270 e. The smallest absolute Gasteiger partial charge is 0.243 e. The maximum atomic E-state index is 13.1. The number of sulfonamides is 2. The lowest BCUT2D eigenvalue weighted by molar-refractivity contribution is 0.288. The molecule has 0 saturated carbocycles. The average molecular weight is 401 g/mol. The molecule has 0 spiro atoms. The van der Waals surface area contributed by atoms with Crippen LogP contribution in [0.3, 0.4) is 0 Å². The maximum absolute atomic E-state index is 13.1. The Hall–Kier alpha value is -1.12. The van der Waals surface area contributed by atoms with Crippen molar-refractivity contribution in [3.05, 3.63) is 23.3 Å². The van der Waals surface area contributed by atoms with Crippen molar-refractivity contribution in [3.8, 4) is 0 Å². The summed E-state index contributed by atoms with van der Waals surface area (Å²) in [6, 6.07) is 3.36. The summed E-state index contributed by atoms with van der Waals surface area (Å²) in [6.07, 6.45) is 3.25. The van der Waals surface area contributed by atoms with Crippen molar-refractivity contribution in [1.29, 1.82) is 0 Å². The molecule has 2 aliphatic heterocycles. The highest BCUT2D eigenvalue weighted by atomic mass is 32.2. The van der Waals surface area contributed by atoms with E-state index < -0.39 is 20.0 Å². The van der Waals surface area contributed by atoms with Gasteiger partial charge in [-0.2, -0.15) is 4.31 Å². The molecule has 2 saturated heterocycles. The van der Waals surface area contributed by atoms with Crippen LogP contribution < -0.4 is 4.31 Å². The van der Waals surface area contributed by atoms with Crippen LogP contribution in [0.4, 0.5) is 5.69 Å². The SMILES string of the molecule is Cc1cc(S(=O)(=O)N2CCC(C)CC2)c(C)cc1N1CCCCS1(=O)=O. The number of hydrogen-bond acceptors (Lipinski definition) is 4. The fraction of sp³-hybridized carbons (Fsp3) is 0.667. The van der Waals surface area contributed by atoms with E-state index in [0.29, 0.717) is 53.7 Å². The Labute approximate surface area is 157 Å². The van der Waals surface area contributed by atoms with Gasteiger partial charge in [0.05, 0.1) is 16.3 Å². The molecule has 0 N–H and O–H groups in total. The Bertz CT molecular complexity index is 886. The van der Waals surface area contributed by atoms with Crippen molar-refractivity contribution in [2.24, 2.45) is 5.92 Å². The van der Waals surface area contributed by atoms with E-state index in [-0.39, 0.29) is 5.75 Å². The molecule has 3 rings (SSSR count).